The summed E-state index contributed by atoms with van der Waals surface area (Å²) in [6, 6.07) is 17.1. The molecule has 25 heavy (non-hydrogen) atoms. The van der Waals surface area contributed by atoms with Crippen molar-refractivity contribution in [1.29, 1.82) is 0 Å². The number of anilines is 1. The van der Waals surface area contributed by atoms with Gasteiger partial charge in [-0.25, -0.2) is 4.98 Å². The van der Waals surface area contributed by atoms with E-state index in [1.54, 1.807) is 19.2 Å². The lowest BCUT2D eigenvalue weighted by Gasteiger charge is -2.08. The van der Waals surface area contributed by atoms with Gasteiger partial charge in [-0.05, 0) is 29.5 Å². The van der Waals surface area contributed by atoms with Gasteiger partial charge in [0.15, 0.2) is 0 Å². The van der Waals surface area contributed by atoms with Gasteiger partial charge in [-0.2, -0.15) is 0 Å². The second-order valence-electron chi connectivity index (χ2n) is 6.53. The smallest absolute Gasteiger partial charge is 0.254 e. The minimum Gasteiger partial charge on any atom is -0.507 e. The summed E-state index contributed by atoms with van der Waals surface area (Å²) in [7, 11) is 1.62. The van der Waals surface area contributed by atoms with Crippen molar-refractivity contribution in [2.24, 2.45) is 7.05 Å². The number of hydrogen-bond donors (Lipinski definition) is 2. The van der Waals surface area contributed by atoms with E-state index in [9.17, 15) is 9.90 Å². The van der Waals surface area contributed by atoms with Gasteiger partial charge >= 0.3 is 0 Å². The minimum atomic E-state index is -0.129. The van der Waals surface area contributed by atoms with Gasteiger partial charge in [-0.15, -0.1) is 0 Å². The summed E-state index contributed by atoms with van der Waals surface area (Å²) < 4.78 is 1.35. The minimum absolute atomic E-state index is 0.129. The van der Waals surface area contributed by atoms with Gasteiger partial charge in [-0.1, -0.05) is 42.5 Å². The maximum absolute atomic E-state index is 11.9. The van der Waals surface area contributed by atoms with Crippen LogP contribution >= 0.6 is 0 Å². The highest BCUT2D eigenvalue weighted by atomic mass is 16.3. The summed E-state index contributed by atoms with van der Waals surface area (Å²) in [5, 5.41) is 10.1. The quantitative estimate of drug-likeness (QED) is 0.772. The molecule has 0 saturated heterocycles. The van der Waals surface area contributed by atoms with E-state index in [1.807, 2.05) is 30.3 Å². The second-order valence-corrected chi connectivity index (χ2v) is 6.53. The molecule has 2 unspecified atom stereocenters. The first-order valence-electron chi connectivity index (χ1n) is 8.26. The maximum Gasteiger partial charge on any atom is 0.254 e. The first-order chi connectivity index (χ1) is 12.0. The average molecular weight is 333 g/mol. The van der Waals surface area contributed by atoms with Gasteiger partial charge in [0, 0.05) is 24.6 Å². The molecular weight excluding hydrogens is 314 g/mol. The Kier molecular flexibility index (Phi) is 3.57. The Bertz CT molecular complexity index is 1010. The number of nitrogens with zero attached hydrogens (tertiary/aromatic N) is 2. The number of phenols is 1. The molecule has 2 atom stereocenters. The Morgan fingerprint density at radius 1 is 1.12 bits per heavy atom. The fourth-order valence-electron chi connectivity index (χ4n) is 3.31. The average Bonchev–Trinajstić information content (AvgIpc) is 3.40. The van der Waals surface area contributed by atoms with Crippen molar-refractivity contribution < 1.29 is 5.11 Å². The third kappa shape index (κ3) is 2.78. The Hall–Kier alpha value is -3.08. The molecule has 1 aromatic heterocycles. The topological polar surface area (TPSA) is 81.1 Å². The van der Waals surface area contributed by atoms with Crippen LogP contribution in [-0.4, -0.2) is 14.7 Å². The number of aromatic nitrogens is 2. The Balaban J connectivity index is 1.64. The number of nitrogen functional groups attached to an aromatic ring is 1. The lowest BCUT2D eigenvalue weighted by atomic mass is 9.99. The molecule has 126 valence electrons. The summed E-state index contributed by atoms with van der Waals surface area (Å²) in [4.78, 5) is 16.3. The highest BCUT2D eigenvalue weighted by molar-refractivity contribution is 5.70. The fourth-order valence-corrected chi connectivity index (χ4v) is 3.31. The molecule has 0 aliphatic heterocycles. The number of nitrogens with two attached hydrogens (primary N) is 1. The van der Waals surface area contributed by atoms with Crippen molar-refractivity contribution in [3.63, 3.8) is 0 Å². The lowest BCUT2D eigenvalue weighted by Crippen LogP contribution is -2.21. The molecule has 3 N–H and O–H groups in total. The van der Waals surface area contributed by atoms with E-state index in [4.69, 9.17) is 5.73 Å². The van der Waals surface area contributed by atoms with Crippen LogP contribution in [0, 0.1) is 0 Å². The number of benzene rings is 2. The molecule has 1 saturated carbocycles. The van der Waals surface area contributed by atoms with E-state index < -0.39 is 0 Å². The fraction of sp³-hybridized carbons (Fsp3) is 0.200. The molecule has 2 aromatic carbocycles. The van der Waals surface area contributed by atoms with E-state index in [0.29, 0.717) is 5.92 Å². The SMILES string of the molecule is Cn1c(N)nc(C2CC2c2cccc(-c3ccccc3O)c2)cc1=O. The van der Waals surface area contributed by atoms with Gasteiger partial charge in [0.2, 0.25) is 5.95 Å². The van der Waals surface area contributed by atoms with Crippen molar-refractivity contribution in [2.45, 2.75) is 18.3 Å². The lowest BCUT2D eigenvalue weighted by molar-refractivity contribution is 0.477. The van der Waals surface area contributed by atoms with Crippen LogP contribution in [0.25, 0.3) is 11.1 Å². The van der Waals surface area contributed by atoms with Gasteiger partial charge in [0.25, 0.3) is 5.56 Å². The van der Waals surface area contributed by atoms with Crippen molar-refractivity contribution in [3.05, 3.63) is 76.2 Å². The number of hydrogen-bond acceptors (Lipinski definition) is 4. The molecule has 5 heteroatoms. The van der Waals surface area contributed by atoms with Crippen molar-refractivity contribution in [2.75, 3.05) is 5.73 Å². The first-order valence-corrected chi connectivity index (χ1v) is 8.26. The van der Waals surface area contributed by atoms with Crippen LogP contribution in [0.5, 0.6) is 5.75 Å². The molecule has 0 amide bonds. The Labute approximate surface area is 145 Å². The van der Waals surface area contributed by atoms with Crippen LogP contribution < -0.4 is 11.3 Å². The zero-order valence-corrected chi connectivity index (χ0v) is 13.9. The largest absolute Gasteiger partial charge is 0.507 e. The number of aromatic hydroxyl groups is 1. The van der Waals surface area contributed by atoms with Gasteiger partial charge in [0.1, 0.15) is 5.75 Å². The van der Waals surface area contributed by atoms with E-state index in [2.05, 4.69) is 17.1 Å². The van der Waals surface area contributed by atoms with Crippen molar-refractivity contribution in [1.82, 2.24) is 9.55 Å². The van der Waals surface area contributed by atoms with Crippen LogP contribution in [0.2, 0.25) is 0 Å². The van der Waals surface area contributed by atoms with Crippen molar-refractivity contribution >= 4 is 5.95 Å². The van der Waals surface area contributed by atoms with Crippen LogP contribution in [0.4, 0.5) is 5.95 Å². The summed E-state index contributed by atoms with van der Waals surface area (Å²) in [5.41, 5.74) is 9.43. The molecule has 0 spiro atoms. The molecule has 5 nitrogen and oxygen atoms in total. The van der Waals surface area contributed by atoms with Crippen LogP contribution in [0.15, 0.2) is 59.4 Å². The monoisotopic (exact) mass is 333 g/mol. The number of para-hydroxylation sites is 1. The summed E-state index contributed by atoms with van der Waals surface area (Å²) in [6.45, 7) is 0. The van der Waals surface area contributed by atoms with E-state index in [-0.39, 0.29) is 23.2 Å². The molecule has 1 fully saturated rings. The zero-order valence-electron chi connectivity index (χ0n) is 13.9. The third-order valence-corrected chi connectivity index (χ3v) is 4.89. The van der Waals surface area contributed by atoms with E-state index in [0.717, 1.165) is 23.2 Å². The predicted octanol–water partition coefficient (Wildman–Crippen LogP) is 3.01. The van der Waals surface area contributed by atoms with Crippen LogP contribution in [0.1, 0.15) is 29.5 Å². The standard InChI is InChI=1S/C20H19N3O2/c1-23-19(25)11-17(22-20(23)21)16-10-15(16)13-6-4-5-12(9-13)14-7-2-3-8-18(14)24/h2-9,11,15-16,24H,10H2,1H3,(H2,21,22). The molecule has 1 aliphatic rings. The zero-order chi connectivity index (χ0) is 17.6. The highest BCUT2D eigenvalue weighted by Gasteiger charge is 2.41. The van der Waals surface area contributed by atoms with Crippen LogP contribution in [0.3, 0.4) is 0 Å². The second kappa shape index (κ2) is 5.77. The Morgan fingerprint density at radius 3 is 2.68 bits per heavy atom. The molecule has 0 bridgehead atoms. The molecule has 0 radical (unpaired) electrons. The molecule has 3 aromatic rings. The summed E-state index contributed by atoms with van der Waals surface area (Å²) in [5.74, 6) is 1.06. The molecule has 1 heterocycles. The van der Waals surface area contributed by atoms with Gasteiger partial charge in [0.05, 0.1) is 5.69 Å². The predicted molar refractivity (Wildman–Crippen MR) is 97.5 cm³/mol. The first kappa shape index (κ1) is 15.4. The number of phenolic OH excluding ortho intramolecular Hbond substituents is 1. The third-order valence-electron chi connectivity index (χ3n) is 4.89. The molecule has 4 rings (SSSR count). The van der Waals surface area contributed by atoms with Gasteiger partial charge in [-0.3, -0.25) is 9.36 Å². The maximum atomic E-state index is 11.9. The summed E-state index contributed by atoms with van der Waals surface area (Å²) in [6.07, 6.45) is 0.948. The van der Waals surface area contributed by atoms with Gasteiger partial charge < -0.3 is 10.8 Å². The normalized spacial score (nSPS) is 18.9. The van der Waals surface area contributed by atoms with E-state index >= 15 is 0 Å². The summed E-state index contributed by atoms with van der Waals surface area (Å²) >= 11 is 0. The van der Waals surface area contributed by atoms with Crippen LogP contribution in [-0.2, 0) is 7.05 Å². The Morgan fingerprint density at radius 2 is 1.92 bits per heavy atom. The van der Waals surface area contributed by atoms with E-state index in [1.165, 1.54) is 10.1 Å². The van der Waals surface area contributed by atoms with Crippen molar-refractivity contribution in [3.8, 4) is 16.9 Å². The molecule has 1 aliphatic carbocycles. The highest BCUT2D eigenvalue weighted by Crippen LogP contribution is 2.54. The number of rotatable bonds is 3. The molecular formula is C20H19N3O2.